The van der Waals surface area contributed by atoms with Crippen molar-refractivity contribution in [2.24, 2.45) is 0 Å². The summed E-state index contributed by atoms with van der Waals surface area (Å²) in [4.78, 5) is 12.5. The highest BCUT2D eigenvalue weighted by Gasteiger charge is 2.38. The second-order valence-corrected chi connectivity index (χ2v) is 5.78. The summed E-state index contributed by atoms with van der Waals surface area (Å²) in [6.07, 6.45) is 3.51. The first-order chi connectivity index (χ1) is 9.54. The quantitative estimate of drug-likeness (QED) is 0.680. The van der Waals surface area contributed by atoms with E-state index >= 15 is 0 Å². The molecule has 2 atom stereocenters. The molecule has 2 unspecified atom stereocenters. The molecular weight excluding hydrogens is 261 g/mol. The Labute approximate surface area is 116 Å². The number of nitro groups is 1. The minimum absolute atomic E-state index is 0.210. The number of nitrogens with one attached hydrogen (secondary N) is 1. The van der Waals surface area contributed by atoms with Crippen LogP contribution in [-0.4, -0.2) is 34.5 Å². The minimum Gasteiger partial charge on any atom is -0.379 e. The highest BCUT2D eigenvalue weighted by molar-refractivity contribution is 5.51. The SMILES string of the molecule is CC1CC(Nc2ccc([N+](=O)[O-])cc2F)CN1C1CC1. The largest absolute Gasteiger partial charge is 0.379 e. The summed E-state index contributed by atoms with van der Waals surface area (Å²) in [6.45, 7) is 3.12. The lowest BCUT2D eigenvalue weighted by Crippen LogP contribution is -2.31. The predicted molar refractivity (Wildman–Crippen MR) is 74.3 cm³/mol. The summed E-state index contributed by atoms with van der Waals surface area (Å²) in [6, 6.07) is 5.20. The lowest BCUT2D eigenvalue weighted by atomic mass is 10.1. The Kier molecular flexibility index (Phi) is 3.33. The molecule has 0 spiro atoms. The highest BCUT2D eigenvalue weighted by Crippen LogP contribution is 2.34. The normalized spacial score (nSPS) is 26.7. The van der Waals surface area contributed by atoms with Crippen LogP contribution in [0.15, 0.2) is 18.2 Å². The van der Waals surface area contributed by atoms with Crippen LogP contribution in [-0.2, 0) is 0 Å². The van der Waals surface area contributed by atoms with Gasteiger partial charge in [0.25, 0.3) is 5.69 Å². The van der Waals surface area contributed by atoms with Crippen LogP contribution in [0.5, 0.6) is 0 Å². The van der Waals surface area contributed by atoms with Crippen LogP contribution in [0.3, 0.4) is 0 Å². The molecule has 0 aromatic heterocycles. The number of non-ortho nitro benzene ring substituents is 1. The molecule has 1 heterocycles. The van der Waals surface area contributed by atoms with Gasteiger partial charge in [-0.15, -0.1) is 0 Å². The zero-order chi connectivity index (χ0) is 14.3. The Bertz CT molecular complexity index is 533. The molecule has 1 aromatic rings. The number of benzene rings is 1. The van der Waals surface area contributed by atoms with Crippen molar-refractivity contribution >= 4 is 11.4 Å². The van der Waals surface area contributed by atoms with Gasteiger partial charge in [0.15, 0.2) is 5.82 Å². The Morgan fingerprint density at radius 1 is 1.45 bits per heavy atom. The Hall–Kier alpha value is -1.69. The van der Waals surface area contributed by atoms with Gasteiger partial charge in [0, 0.05) is 30.7 Å². The third-order valence-corrected chi connectivity index (χ3v) is 4.16. The fourth-order valence-electron chi connectivity index (χ4n) is 3.03. The van der Waals surface area contributed by atoms with E-state index in [1.807, 2.05) is 0 Å². The highest BCUT2D eigenvalue weighted by atomic mass is 19.1. The van der Waals surface area contributed by atoms with Gasteiger partial charge < -0.3 is 5.32 Å². The molecule has 108 valence electrons. The number of hydrogen-bond donors (Lipinski definition) is 1. The Morgan fingerprint density at radius 3 is 2.80 bits per heavy atom. The molecule has 2 fully saturated rings. The molecule has 1 aromatic carbocycles. The molecule has 1 N–H and O–H groups in total. The summed E-state index contributed by atoms with van der Waals surface area (Å²) < 4.78 is 13.8. The van der Waals surface area contributed by atoms with Gasteiger partial charge in [0.1, 0.15) is 0 Å². The van der Waals surface area contributed by atoms with E-state index in [0.717, 1.165) is 19.0 Å². The minimum atomic E-state index is -0.584. The van der Waals surface area contributed by atoms with Gasteiger partial charge in [-0.25, -0.2) is 4.39 Å². The topological polar surface area (TPSA) is 58.4 Å². The Morgan fingerprint density at radius 2 is 2.20 bits per heavy atom. The van der Waals surface area contributed by atoms with E-state index in [-0.39, 0.29) is 11.7 Å². The van der Waals surface area contributed by atoms with Crippen LogP contribution in [0.2, 0.25) is 0 Å². The van der Waals surface area contributed by atoms with Crippen molar-refractivity contribution in [1.82, 2.24) is 4.90 Å². The van der Waals surface area contributed by atoms with Crippen LogP contribution in [0.1, 0.15) is 26.2 Å². The zero-order valence-electron chi connectivity index (χ0n) is 11.4. The molecule has 6 heteroatoms. The van der Waals surface area contributed by atoms with Gasteiger partial charge in [-0.05, 0) is 32.3 Å². The molecule has 0 bridgehead atoms. The van der Waals surface area contributed by atoms with Gasteiger partial charge >= 0.3 is 0 Å². The summed E-state index contributed by atoms with van der Waals surface area (Å²) in [5.41, 5.74) is 0.137. The van der Waals surface area contributed by atoms with Crippen LogP contribution in [0, 0.1) is 15.9 Å². The maximum atomic E-state index is 13.8. The summed E-state index contributed by atoms with van der Waals surface area (Å²) in [7, 11) is 0. The van der Waals surface area contributed by atoms with E-state index in [1.54, 1.807) is 0 Å². The van der Waals surface area contributed by atoms with Crippen LogP contribution >= 0.6 is 0 Å². The Balaban J connectivity index is 1.67. The molecule has 0 amide bonds. The predicted octanol–water partition coefficient (Wildman–Crippen LogP) is 2.77. The molecule has 1 aliphatic heterocycles. The first-order valence-electron chi connectivity index (χ1n) is 7.01. The first kappa shape index (κ1) is 13.3. The summed E-state index contributed by atoms with van der Waals surface area (Å²) in [5.74, 6) is -0.559. The van der Waals surface area contributed by atoms with Gasteiger partial charge in [-0.2, -0.15) is 0 Å². The fraction of sp³-hybridized carbons (Fsp3) is 0.571. The van der Waals surface area contributed by atoms with Crippen LogP contribution < -0.4 is 5.32 Å². The number of hydrogen-bond acceptors (Lipinski definition) is 4. The molecule has 0 radical (unpaired) electrons. The lowest BCUT2D eigenvalue weighted by molar-refractivity contribution is -0.385. The second kappa shape index (κ2) is 5.01. The van der Waals surface area contributed by atoms with Crippen molar-refractivity contribution in [3.05, 3.63) is 34.1 Å². The number of nitrogens with zero attached hydrogens (tertiary/aromatic N) is 2. The molecule has 1 saturated heterocycles. The third kappa shape index (κ3) is 2.60. The smallest absolute Gasteiger partial charge is 0.272 e. The summed E-state index contributed by atoms with van der Waals surface area (Å²) in [5, 5.41) is 13.8. The molecule has 1 aliphatic carbocycles. The average Bonchev–Trinajstić information content (AvgIpc) is 3.16. The van der Waals surface area contributed by atoms with E-state index in [2.05, 4.69) is 17.1 Å². The number of nitro benzene ring substituents is 1. The molecule has 5 nitrogen and oxygen atoms in total. The van der Waals surface area contributed by atoms with Crippen LogP contribution in [0.25, 0.3) is 0 Å². The molecule has 3 rings (SSSR count). The average molecular weight is 279 g/mol. The van der Waals surface area contributed by atoms with E-state index in [4.69, 9.17) is 0 Å². The van der Waals surface area contributed by atoms with E-state index in [1.165, 1.54) is 25.0 Å². The maximum Gasteiger partial charge on any atom is 0.272 e. The van der Waals surface area contributed by atoms with E-state index in [0.29, 0.717) is 17.8 Å². The van der Waals surface area contributed by atoms with Gasteiger partial charge in [-0.1, -0.05) is 0 Å². The number of likely N-dealkylation sites (tertiary alicyclic amines) is 1. The van der Waals surface area contributed by atoms with Crippen molar-refractivity contribution in [2.45, 2.75) is 44.3 Å². The van der Waals surface area contributed by atoms with Gasteiger partial charge in [-0.3, -0.25) is 15.0 Å². The second-order valence-electron chi connectivity index (χ2n) is 5.78. The van der Waals surface area contributed by atoms with Gasteiger partial charge in [0.05, 0.1) is 16.7 Å². The molecule has 2 aliphatic rings. The van der Waals surface area contributed by atoms with E-state index in [9.17, 15) is 14.5 Å². The molecule has 1 saturated carbocycles. The van der Waals surface area contributed by atoms with Crippen molar-refractivity contribution in [3.8, 4) is 0 Å². The maximum absolute atomic E-state index is 13.8. The standard InChI is InChI=1S/C14H18FN3O2/c1-9-6-10(8-17(9)11-2-3-11)16-14-5-4-12(18(19)20)7-13(14)15/h4-5,7,9-11,16H,2-3,6,8H2,1H3. The van der Waals surface area contributed by atoms with Crippen molar-refractivity contribution in [1.29, 1.82) is 0 Å². The molecular formula is C14H18FN3O2. The first-order valence-corrected chi connectivity index (χ1v) is 7.01. The zero-order valence-corrected chi connectivity index (χ0v) is 11.4. The van der Waals surface area contributed by atoms with Gasteiger partial charge in [0.2, 0.25) is 0 Å². The molecule has 20 heavy (non-hydrogen) atoms. The van der Waals surface area contributed by atoms with Crippen LogP contribution in [0.4, 0.5) is 15.8 Å². The van der Waals surface area contributed by atoms with Crippen molar-refractivity contribution in [3.63, 3.8) is 0 Å². The monoisotopic (exact) mass is 279 g/mol. The van der Waals surface area contributed by atoms with Crippen molar-refractivity contribution < 1.29 is 9.31 Å². The lowest BCUT2D eigenvalue weighted by Gasteiger charge is -2.20. The van der Waals surface area contributed by atoms with Crippen molar-refractivity contribution in [2.75, 3.05) is 11.9 Å². The number of halogens is 1. The third-order valence-electron chi connectivity index (χ3n) is 4.16. The number of rotatable bonds is 4. The fourth-order valence-corrected chi connectivity index (χ4v) is 3.03. The summed E-state index contributed by atoms with van der Waals surface area (Å²) >= 11 is 0. The number of anilines is 1. The van der Waals surface area contributed by atoms with E-state index < -0.39 is 10.7 Å².